The Hall–Kier alpha value is -2.70. The molecule has 0 aromatic heterocycles. The molecule has 1 atom stereocenters. The van der Waals surface area contributed by atoms with Crippen molar-refractivity contribution in [2.75, 3.05) is 4.90 Å². The zero-order chi connectivity index (χ0) is 20.6. The number of benzene rings is 1. The smallest absolute Gasteiger partial charge is 0.308 e. The molecule has 3 rings (SSSR count). The topological polar surface area (TPSA) is 84.0 Å². The minimum absolute atomic E-state index is 0.0214. The number of anilines is 1. The number of amides is 3. The molecule has 2 fully saturated rings. The lowest BCUT2D eigenvalue weighted by atomic mass is 9.95. The van der Waals surface area contributed by atoms with Crippen LogP contribution in [-0.4, -0.2) is 40.2 Å². The summed E-state index contributed by atoms with van der Waals surface area (Å²) < 4.78 is 4.99. The van der Waals surface area contributed by atoms with Crippen LogP contribution in [-0.2, 0) is 19.2 Å². The van der Waals surface area contributed by atoms with E-state index in [0.717, 1.165) is 17.7 Å². The zero-order valence-corrected chi connectivity index (χ0v) is 16.7. The first kappa shape index (κ1) is 20.0. The lowest BCUT2D eigenvalue weighted by molar-refractivity contribution is -0.146. The molecule has 1 saturated carbocycles. The number of nitrogens with zero attached hydrogens (tertiary/aromatic N) is 2. The zero-order valence-electron chi connectivity index (χ0n) is 16.7. The van der Waals surface area contributed by atoms with Crippen LogP contribution in [0.4, 0.5) is 5.69 Å². The Morgan fingerprint density at radius 1 is 1.18 bits per heavy atom. The standard InChI is InChI=1S/C21H26N2O5/c1-5-21(3,4)23(19(26)14-6-7-14)17-12-18(25)22(20(17)27)15-8-10-16(11-9-15)28-13(2)24/h8-11,14,17H,5-7,12H2,1-4H3. The summed E-state index contributed by atoms with van der Waals surface area (Å²) in [6.07, 6.45) is 2.34. The summed E-state index contributed by atoms with van der Waals surface area (Å²) in [6, 6.07) is 5.41. The molecule has 1 aromatic carbocycles. The summed E-state index contributed by atoms with van der Waals surface area (Å²) in [5.41, 5.74) is -0.114. The first-order valence-corrected chi connectivity index (χ1v) is 9.64. The van der Waals surface area contributed by atoms with Crippen molar-refractivity contribution in [3.05, 3.63) is 24.3 Å². The summed E-state index contributed by atoms with van der Waals surface area (Å²) in [4.78, 5) is 52.6. The van der Waals surface area contributed by atoms with Crippen LogP contribution in [0.3, 0.4) is 0 Å². The third-order valence-electron chi connectivity index (χ3n) is 5.47. The Balaban J connectivity index is 1.87. The van der Waals surface area contributed by atoms with Crippen LogP contribution in [0.1, 0.15) is 53.4 Å². The predicted octanol–water partition coefficient (Wildman–Crippen LogP) is 2.67. The molecule has 0 bridgehead atoms. The SMILES string of the molecule is CCC(C)(C)N(C(=O)C1CC1)C1CC(=O)N(c2ccc(OC(C)=O)cc2)C1=O. The van der Waals surface area contributed by atoms with Crippen LogP contribution >= 0.6 is 0 Å². The van der Waals surface area contributed by atoms with Gasteiger partial charge in [-0.2, -0.15) is 0 Å². The fourth-order valence-electron chi connectivity index (χ4n) is 3.49. The van der Waals surface area contributed by atoms with Gasteiger partial charge in [0.05, 0.1) is 12.1 Å². The van der Waals surface area contributed by atoms with Gasteiger partial charge in [0.15, 0.2) is 0 Å². The number of ether oxygens (including phenoxy) is 1. The van der Waals surface area contributed by atoms with E-state index in [1.165, 1.54) is 19.1 Å². The fraction of sp³-hybridized carbons (Fsp3) is 0.524. The van der Waals surface area contributed by atoms with Crippen molar-refractivity contribution in [2.45, 2.75) is 65.0 Å². The number of esters is 1. The average Bonchev–Trinajstić information content (AvgIpc) is 3.43. The second kappa shape index (κ2) is 7.37. The van der Waals surface area contributed by atoms with E-state index in [4.69, 9.17) is 4.74 Å². The van der Waals surface area contributed by atoms with E-state index in [1.807, 2.05) is 20.8 Å². The molecule has 1 heterocycles. The third-order valence-corrected chi connectivity index (χ3v) is 5.47. The van der Waals surface area contributed by atoms with Gasteiger partial charge in [0, 0.05) is 18.4 Å². The summed E-state index contributed by atoms with van der Waals surface area (Å²) in [6.45, 7) is 7.14. The van der Waals surface area contributed by atoms with E-state index in [1.54, 1.807) is 17.0 Å². The van der Waals surface area contributed by atoms with Gasteiger partial charge in [0.1, 0.15) is 11.8 Å². The maximum atomic E-state index is 13.2. The van der Waals surface area contributed by atoms with Crippen molar-refractivity contribution in [1.82, 2.24) is 4.90 Å². The lowest BCUT2D eigenvalue weighted by Gasteiger charge is -2.41. The fourth-order valence-corrected chi connectivity index (χ4v) is 3.49. The van der Waals surface area contributed by atoms with Crippen molar-refractivity contribution in [3.63, 3.8) is 0 Å². The predicted molar refractivity (Wildman–Crippen MR) is 103 cm³/mol. The summed E-state index contributed by atoms with van der Waals surface area (Å²) in [5.74, 6) is -0.908. The van der Waals surface area contributed by atoms with E-state index >= 15 is 0 Å². The van der Waals surface area contributed by atoms with Gasteiger partial charge in [-0.05, 0) is 57.4 Å². The van der Waals surface area contributed by atoms with E-state index in [-0.39, 0.29) is 30.1 Å². The number of carbonyl (C=O) groups excluding carboxylic acids is 4. The number of carbonyl (C=O) groups is 4. The third kappa shape index (κ3) is 3.79. The number of imide groups is 1. The highest BCUT2D eigenvalue weighted by molar-refractivity contribution is 6.23. The molecule has 150 valence electrons. The van der Waals surface area contributed by atoms with Crippen LogP contribution in [0, 0.1) is 5.92 Å². The Morgan fingerprint density at radius 2 is 1.79 bits per heavy atom. The van der Waals surface area contributed by atoms with Gasteiger partial charge in [-0.3, -0.25) is 19.2 Å². The van der Waals surface area contributed by atoms with E-state index in [2.05, 4.69) is 0 Å². The molecule has 3 amide bonds. The highest BCUT2D eigenvalue weighted by Crippen LogP contribution is 2.38. The Bertz CT molecular complexity index is 811. The molecule has 0 spiro atoms. The molecule has 0 radical (unpaired) electrons. The van der Waals surface area contributed by atoms with Crippen molar-refractivity contribution < 1.29 is 23.9 Å². The molecule has 1 aliphatic carbocycles. The van der Waals surface area contributed by atoms with Crippen LogP contribution in [0.5, 0.6) is 5.75 Å². The van der Waals surface area contributed by atoms with Crippen LogP contribution < -0.4 is 9.64 Å². The minimum Gasteiger partial charge on any atom is -0.427 e. The molecule has 1 saturated heterocycles. The maximum absolute atomic E-state index is 13.2. The minimum atomic E-state index is -0.788. The molecule has 1 aliphatic heterocycles. The quantitative estimate of drug-likeness (QED) is 0.426. The molecule has 1 aromatic rings. The summed E-state index contributed by atoms with van der Waals surface area (Å²) in [5, 5.41) is 0. The molecule has 1 unspecified atom stereocenters. The second-order valence-electron chi connectivity index (χ2n) is 8.02. The Labute approximate surface area is 164 Å². The number of rotatable bonds is 6. The van der Waals surface area contributed by atoms with E-state index in [9.17, 15) is 19.2 Å². The molecule has 2 aliphatic rings. The van der Waals surface area contributed by atoms with Gasteiger partial charge in [-0.15, -0.1) is 0 Å². The van der Waals surface area contributed by atoms with Crippen molar-refractivity contribution in [1.29, 1.82) is 0 Å². The first-order chi connectivity index (χ1) is 13.2. The highest BCUT2D eigenvalue weighted by atomic mass is 16.5. The van der Waals surface area contributed by atoms with Crippen LogP contribution in [0.25, 0.3) is 0 Å². The lowest BCUT2D eigenvalue weighted by Crippen LogP contribution is -2.56. The molecule has 0 N–H and O–H groups in total. The number of hydrogen-bond donors (Lipinski definition) is 0. The van der Waals surface area contributed by atoms with E-state index in [0.29, 0.717) is 17.9 Å². The normalized spacial score (nSPS) is 19.7. The van der Waals surface area contributed by atoms with Gasteiger partial charge < -0.3 is 9.64 Å². The first-order valence-electron chi connectivity index (χ1n) is 9.64. The van der Waals surface area contributed by atoms with Gasteiger partial charge in [0.25, 0.3) is 5.91 Å². The molecule has 7 heteroatoms. The monoisotopic (exact) mass is 386 g/mol. The van der Waals surface area contributed by atoms with Crippen LogP contribution in [0.15, 0.2) is 24.3 Å². The second-order valence-corrected chi connectivity index (χ2v) is 8.02. The van der Waals surface area contributed by atoms with Crippen LogP contribution in [0.2, 0.25) is 0 Å². The molecular weight excluding hydrogens is 360 g/mol. The Kier molecular flexibility index (Phi) is 5.28. The molecule has 28 heavy (non-hydrogen) atoms. The Morgan fingerprint density at radius 3 is 2.29 bits per heavy atom. The van der Waals surface area contributed by atoms with E-state index < -0.39 is 17.6 Å². The highest BCUT2D eigenvalue weighted by Gasteiger charge is 2.50. The maximum Gasteiger partial charge on any atom is 0.308 e. The van der Waals surface area contributed by atoms with Gasteiger partial charge in [-0.25, -0.2) is 4.90 Å². The van der Waals surface area contributed by atoms with Crippen molar-refractivity contribution in [2.24, 2.45) is 5.92 Å². The van der Waals surface area contributed by atoms with Gasteiger partial charge >= 0.3 is 5.97 Å². The number of hydrogen-bond acceptors (Lipinski definition) is 5. The van der Waals surface area contributed by atoms with Crippen molar-refractivity contribution in [3.8, 4) is 5.75 Å². The molecule has 7 nitrogen and oxygen atoms in total. The largest absolute Gasteiger partial charge is 0.427 e. The van der Waals surface area contributed by atoms with Gasteiger partial charge in [-0.1, -0.05) is 6.92 Å². The average molecular weight is 386 g/mol. The molecular formula is C21H26N2O5. The summed E-state index contributed by atoms with van der Waals surface area (Å²) >= 11 is 0. The van der Waals surface area contributed by atoms with Crippen molar-refractivity contribution >= 4 is 29.4 Å². The summed E-state index contributed by atoms with van der Waals surface area (Å²) in [7, 11) is 0. The van der Waals surface area contributed by atoms with Gasteiger partial charge in [0.2, 0.25) is 11.8 Å².